The Kier molecular flexibility index (Phi) is 26.2. The van der Waals surface area contributed by atoms with E-state index in [1.807, 2.05) is 13.8 Å². The van der Waals surface area contributed by atoms with Gasteiger partial charge in [0.1, 0.15) is 0 Å². The van der Waals surface area contributed by atoms with Gasteiger partial charge in [0.05, 0.1) is 0 Å². The normalized spacial score (nSPS) is 19.5. The van der Waals surface area contributed by atoms with Gasteiger partial charge in [-0.3, -0.25) is 10.5 Å². The molecule has 0 bridgehead atoms. The molecular weight excluding hydrogens is 254 g/mol. The van der Waals surface area contributed by atoms with E-state index >= 15 is 0 Å². The molecule has 2 rings (SSSR count). The second-order valence-corrected chi connectivity index (χ2v) is 4.84. The van der Waals surface area contributed by atoms with Gasteiger partial charge in [-0.05, 0) is 38.8 Å². The van der Waals surface area contributed by atoms with Crippen LogP contribution in [0.1, 0.15) is 74.1 Å². The molecule has 128 valence electrons. The van der Waals surface area contributed by atoms with Crippen molar-refractivity contribution in [2.24, 2.45) is 11.5 Å². The molecule has 0 aromatic carbocycles. The van der Waals surface area contributed by atoms with E-state index in [0.717, 1.165) is 25.9 Å². The molecule has 0 amide bonds. The summed E-state index contributed by atoms with van der Waals surface area (Å²) in [5.41, 5.74) is 11.3. The first-order chi connectivity index (χ1) is 9.29. The maximum Gasteiger partial charge on any atom is 0.00629 e. The average molecular weight is 296 g/mol. The molecule has 1 saturated carbocycles. The second-order valence-electron chi connectivity index (χ2n) is 4.84. The van der Waals surface area contributed by atoms with Crippen molar-refractivity contribution in [1.82, 2.24) is 5.32 Å². The van der Waals surface area contributed by atoms with Crippen molar-refractivity contribution in [1.29, 1.82) is 0 Å². The van der Waals surface area contributed by atoms with Crippen LogP contribution < -0.4 is 16.8 Å². The summed E-state index contributed by atoms with van der Waals surface area (Å²) in [6.07, 6.45) is 10.4. The Morgan fingerprint density at radius 1 is 0.800 bits per heavy atom. The predicted molar refractivity (Wildman–Crippen MR) is 91.2 cm³/mol. The Labute approximate surface area is 127 Å². The highest BCUT2D eigenvalue weighted by Gasteiger charge is 2.06. The minimum atomic E-state index is 0. The molecule has 1 saturated heterocycles. The highest BCUT2D eigenvalue weighted by atomic mass is 17.0. The average Bonchev–Trinajstić information content (AvgIpc) is 2.72. The van der Waals surface area contributed by atoms with Crippen LogP contribution in [0, 0.1) is 0 Å². The third kappa shape index (κ3) is 17.8. The molecule has 1 aliphatic carbocycles. The fourth-order valence-corrected chi connectivity index (χ4v) is 2.16. The van der Waals surface area contributed by atoms with E-state index < -0.39 is 0 Å². The number of hydrogen-bond donors (Lipinski definition) is 5. The highest BCUT2D eigenvalue weighted by Crippen LogP contribution is 2.14. The fourth-order valence-electron chi connectivity index (χ4n) is 2.16. The van der Waals surface area contributed by atoms with E-state index in [0.29, 0.717) is 12.1 Å². The Morgan fingerprint density at radius 2 is 1.15 bits per heavy atom. The Hall–Kier alpha value is -0.200. The molecule has 0 spiro atoms. The van der Waals surface area contributed by atoms with Gasteiger partial charge in [0.25, 0.3) is 0 Å². The Morgan fingerprint density at radius 3 is 1.45 bits per heavy atom. The Balaban J connectivity index is -0.000000104. The van der Waals surface area contributed by atoms with Crippen molar-refractivity contribution < 1.29 is 11.9 Å². The van der Waals surface area contributed by atoms with Crippen LogP contribution in [0.5, 0.6) is 0 Å². The van der Waals surface area contributed by atoms with Crippen LogP contribution in [0.25, 0.3) is 0 Å². The van der Waals surface area contributed by atoms with Gasteiger partial charge in [0.2, 0.25) is 0 Å². The molecule has 5 nitrogen and oxygen atoms in total. The number of hydrogen-bond acceptors (Lipinski definition) is 5. The van der Waals surface area contributed by atoms with Gasteiger partial charge in [0, 0.05) is 13.5 Å². The molecule has 0 aromatic heterocycles. The zero-order valence-electron chi connectivity index (χ0n) is 12.8. The van der Waals surface area contributed by atoms with Gasteiger partial charge < -0.3 is 16.8 Å². The smallest absolute Gasteiger partial charge is 0.00629 e. The third-order valence-electron chi connectivity index (χ3n) is 3.28. The van der Waals surface area contributed by atoms with E-state index in [2.05, 4.69) is 5.32 Å². The standard InChI is InChI=1S/C7H15N.C5H12N2.C2H6.CH4.H2O2.H2/c8-7-5-3-1-2-4-6-7;6-5-1-3-7-4-2-5;1-2;;1-2;/h7H,1-6,8H2;5,7H,1-4,6H2;1-2H3;1H4;1-2H;1H. The van der Waals surface area contributed by atoms with Crippen LogP contribution in [0.2, 0.25) is 0 Å². The maximum atomic E-state index is 6.00. The molecule has 0 atom stereocenters. The summed E-state index contributed by atoms with van der Waals surface area (Å²) in [6, 6.07) is 0.999. The van der Waals surface area contributed by atoms with Crippen molar-refractivity contribution in [2.75, 3.05) is 13.1 Å². The number of piperidine rings is 1. The van der Waals surface area contributed by atoms with Crippen molar-refractivity contribution in [3.05, 3.63) is 0 Å². The van der Waals surface area contributed by atoms with E-state index in [1.165, 1.54) is 38.5 Å². The van der Waals surface area contributed by atoms with Gasteiger partial charge in [-0.15, -0.1) is 0 Å². The summed E-state index contributed by atoms with van der Waals surface area (Å²) in [4.78, 5) is 0. The van der Waals surface area contributed by atoms with Gasteiger partial charge in [-0.2, -0.15) is 0 Å². The van der Waals surface area contributed by atoms with Gasteiger partial charge in [0.15, 0.2) is 0 Å². The van der Waals surface area contributed by atoms with E-state index in [-0.39, 0.29) is 8.85 Å². The second kappa shape index (κ2) is 21.1. The molecule has 1 heterocycles. The van der Waals surface area contributed by atoms with Crippen LogP contribution >= 0.6 is 0 Å². The molecule has 2 aliphatic rings. The lowest BCUT2D eigenvalue weighted by Gasteiger charge is -2.17. The van der Waals surface area contributed by atoms with Crippen LogP contribution in [-0.4, -0.2) is 35.7 Å². The highest BCUT2D eigenvalue weighted by molar-refractivity contribution is 4.69. The SMILES string of the molecule is C.CC.NC1CCCCCC1.NC1CCNCC1.OO.[HH]. The molecule has 7 N–H and O–H groups in total. The Bertz CT molecular complexity index is 152. The topological polar surface area (TPSA) is 105 Å². The number of rotatable bonds is 0. The predicted octanol–water partition coefficient (Wildman–Crippen LogP) is 3.29. The molecule has 2 fully saturated rings. The van der Waals surface area contributed by atoms with E-state index in [4.69, 9.17) is 22.0 Å². The van der Waals surface area contributed by atoms with Crippen LogP contribution in [0.3, 0.4) is 0 Å². The van der Waals surface area contributed by atoms with E-state index in [1.54, 1.807) is 0 Å². The lowest BCUT2D eigenvalue weighted by Crippen LogP contribution is -2.35. The molecular formula is C15H41N3O2. The largest absolute Gasteiger partial charge is 0.328 e. The number of nitrogens with two attached hydrogens (primary N) is 2. The summed E-state index contributed by atoms with van der Waals surface area (Å²) < 4.78 is 0. The van der Waals surface area contributed by atoms with Crippen molar-refractivity contribution in [3.63, 3.8) is 0 Å². The first-order valence-corrected chi connectivity index (χ1v) is 7.71. The molecule has 5 heteroatoms. The molecule has 0 unspecified atom stereocenters. The molecule has 0 aromatic rings. The van der Waals surface area contributed by atoms with Crippen molar-refractivity contribution >= 4 is 0 Å². The first-order valence-electron chi connectivity index (χ1n) is 7.71. The van der Waals surface area contributed by atoms with Crippen LogP contribution in [-0.2, 0) is 0 Å². The van der Waals surface area contributed by atoms with Crippen LogP contribution in [0.4, 0.5) is 0 Å². The summed E-state index contributed by atoms with van der Waals surface area (Å²) in [5.74, 6) is 0. The van der Waals surface area contributed by atoms with Gasteiger partial charge >= 0.3 is 0 Å². The first kappa shape index (κ1) is 24.8. The third-order valence-corrected chi connectivity index (χ3v) is 3.28. The number of nitrogens with one attached hydrogen (secondary N) is 1. The molecule has 1 aliphatic heterocycles. The minimum Gasteiger partial charge on any atom is -0.328 e. The van der Waals surface area contributed by atoms with Crippen LogP contribution in [0.15, 0.2) is 0 Å². The fraction of sp³-hybridized carbons (Fsp3) is 1.00. The summed E-state index contributed by atoms with van der Waals surface area (Å²) in [7, 11) is 0. The minimum absolute atomic E-state index is 0. The van der Waals surface area contributed by atoms with Gasteiger partial charge in [-0.1, -0.05) is 47.0 Å². The van der Waals surface area contributed by atoms with E-state index in [9.17, 15) is 0 Å². The molecule has 0 radical (unpaired) electrons. The lowest BCUT2D eigenvalue weighted by molar-refractivity contribution is -0.176. The zero-order valence-corrected chi connectivity index (χ0v) is 12.8. The summed E-state index contributed by atoms with van der Waals surface area (Å²) in [5, 5.41) is 15.2. The molecule has 20 heavy (non-hydrogen) atoms. The van der Waals surface area contributed by atoms with Gasteiger partial charge in [-0.25, -0.2) is 0 Å². The quantitative estimate of drug-likeness (QED) is 0.268. The summed E-state index contributed by atoms with van der Waals surface area (Å²) >= 11 is 0. The maximum absolute atomic E-state index is 6.00. The monoisotopic (exact) mass is 295 g/mol. The zero-order chi connectivity index (χ0) is 14.9. The lowest BCUT2D eigenvalue weighted by atomic mass is 10.1. The van der Waals surface area contributed by atoms with Crippen molar-refractivity contribution in [2.45, 2.75) is 84.7 Å². The van der Waals surface area contributed by atoms with Crippen molar-refractivity contribution in [3.8, 4) is 0 Å². The summed E-state index contributed by atoms with van der Waals surface area (Å²) in [6.45, 7) is 6.22.